The fourth-order valence-electron chi connectivity index (χ4n) is 1.55. The monoisotopic (exact) mass is 129 g/mol. The van der Waals surface area contributed by atoms with Crippen LogP contribution in [0.15, 0.2) is 0 Å². The quantitative estimate of drug-likeness (QED) is 0.564. The van der Waals surface area contributed by atoms with Crippen LogP contribution < -0.4 is 5.32 Å². The van der Waals surface area contributed by atoms with Crippen molar-refractivity contribution >= 4 is 0 Å². The molecule has 0 aliphatic heterocycles. The summed E-state index contributed by atoms with van der Waals surface area (Å²) in [6, 6.07) is 0. The lowest BCUT2D eigenvalue weighted by Crippen LogP contribution is -2.52. The highest BCUT2D eigenvalue weighted by Crippen LogP contribution is 2.36. The van der Waals surface area contributed by atoms with Gasteiger partial charge in [-0.25, -0.2) is 0 Å². The van der Waals surface area contributed by atoms with Crippen LogP contribution >= 0.6 is 0 Å². The van der Waals surface area contributed by atoms with E-state index < -0.39 is 0 Å². The van der Waals surface area contributed by atoms with Gasteiger partial charge >= 0.3 is 0 Å². The predicted octanol–water partition coefficient (Wildman–Crippen LogP) is 0.367. The van der Waals surface area contributed by atoms with Gasteiger partial charge in [0.15, 0.2) is 0 Å². The summed E-state index contributed by atoms with van der Waals surface area (Å²) in [6.45, 7) is 2.55. The summed E-state index contributed by atoms with van der Waals surface area (Å²) in [5, 5.41) is 11.9. The van der Waals surface area contributed by atoms with E-state index in [9.17, 15) is 0 Å². The standard InChI is InChI=1S/C7H15NO/c1-7(8-2)3-6(4-7)5-9/h6,8-9H,3-5H2,1-2H3. The lowest BCUT2D eigenvalue weighted by molar-refractivity contribution is 0.0728. The topological polar surface area (TPSA) is 32.3 Å². The van der Waals surface area contributed by atoms with Gasteiger partial charge in [-0.15, -0.1) is 0 Å². The van der Waals surface area contributed by atoms with Gasteiger partial charge in [-0.3, -0.25) is 0 Å². The van der Waals surface area contributed by atoms with E-state index in [1.807, 2.05) is 7.05 Å². The van der Waals surface area contributed by atoms with E-state index in [1.165, 1.54) is 0 Å². The normalized spacial score (nSPS) is 42.3. The molecule has 2 heteroatoms. The summed E-state index contributed by atoms with van der Waals surface area (Å²) < 4.78 is 0. The Hall–Kier alpha value is -0.0800. The van der Waals surface area contributed by atoms with Gasteiger partial charge in [0.1, 0.15) is 0 Å². The van der Waals surface area contributed by atoms with Gasteiger partial charge in [-0.05, 0) is 32.7 Å². The first-order chi connectivity index (χ1) is 4.20. The molecular weight excluding hydrogens is 114 g/mol. The van der Waals surface area contributed by atoms with Crippen molar-refractivity contribution in [3.05, 3.63) is 0 Å². The molecule has 0 spiro atoms. The van der Waals surface area contributed by atoms with Crippen molar-refractivity contribution in [3.63, 3.8) is 0 Å². The fraction of sp³-hybridized carbons (Fsp3) is 1.00. The van der Waals surface area contributed by atoms with Crippen molar-refractivity contribution in [2.45, 2.75) is 25.3 Å². The molecule has 0 aromatic carbocycles. The zero-order valence-electron chi connectivity index (χ0n) is 6.15. The highest BCUT2D eigenvalue weighted by Gasteiger charge is 2.37. The number of aliphatic hydroxyl groups is 1. The van der Waals surface area contributed by atoms with E-state index >= 15 is 0 Å². The third-order valence-corrected chi connectivity index (χ3v) is 2.34. The second-order valence-electron chi connectivity index (χ2n) is 3.27. The van der Waals surface area contributed by atoms with Gasteiger partial charge in [0, 0.05) is 12.1 Å². The van der Waals surface area contributed by atoms with E-state index in [0.717, 1.165) is 12.8 Å². The van der Waals surface area contributed by atoms with E-state index in [0.29, 0.717) is 18.1 Å². The van der Waals surface area contributed by atoms with Crippen LogP contribution in [-0.2, 0) is 0 Å². The van der Waals surface area contributed by atoms with Crippen LogP contribution in [0.3, 0.4) is 0 Å². The maximum absolute atomic E-state index is 8.69. The van der Waals surface area contributed by atoms with Crippen molar-refractivity contribution in [2.24, 2.45) is 5.92 Å². The Labute approximate surface area is 56.3 Å². The van der Waals surface area contributed by atoms with Crippen molar-refractivity contribution < 1.29 is 5.11 Å². The lowest BCUT2D eigenvalue weighted by Gasteiger charge is -2.44. The molecule has 0 atom stereocenters. The minimum absolute atomic E-state index is 0.327. The molecule has 0 heterocycles. The molecule has 0 aromatic rings. The molecule has 9 heavy (non-hydrogen) atoms. The molecule has 0 unspecified atom stereocenters. The van der Waals surface area contributed by atoms with Crippen LogP contribution in [0.5, 0.6) is 0 Å². The zero-order chi connectivity index (χ0) is 6.91. The third kappa shape index (κ3) is 1.25. The van der Waals surface area contributed by atoms with Crippen LogP contribution in [-0.4, -0.2) is 24.3 Å². The first-order valence-electron chi connectivity index (χ1n) is 3.50. The smallest absolute Gasteiger partial charge is 0.0460 e. The Morgan fingerprint density at radius 2 is 2.22 bits per heavy atom. The average Bonchev–Trinajstić information content (AvgIpc) is 1.81. The van der Waals surface area contributed by atoms with E-state index in [-0.39, 0.29) is 0 Å². The molecule has 0 saturated heterocycles. The van der Waals surface area contributed by atoms with Crippen molar-refractivity contribution in [1.82, 2.24) is 5.32 Å². The predicted molar refractivity (Wildman–Crippen MR) is 37.3 cm³/mol. The molecule has 54 valence electrons. The van der Waals surface area contributed by atoms with Gasteiger partial charge in [0.2, 0.25) is 0 Å². The van der Waals surface area contributed by atoms with Crippen molar-refractivity contribution in [2.75, 3.05) is 13.7 Å². The van der Waals surface area contributed by atoms with Crippen molar-refractivity contribution in [3.8, 4) is 0 Å². The molecule has 0 radical (unpaired) electrons. The Balaban J connectivity index is 2.24. The SMILES string of the molecule is CNC1(C)CC(CO)C1. The third-order valence-electron chi connectivity index (χ3n) is 2.34. The molecule has 0 bridgehead atoms. The largest absolute Gasteiger partial charge is 0.396 e. The minimum Gasteiger partial charge on any atom is -0.396 e. The Morgan fingerprint density at radius 1 is 1.67 bits per heavy atom. The highest BCUT2D eigenvalue weighted by molar-refractivity contribution is 4.95. The molecule has 0 aromatic heterocycles. The first kappa shape index (κ1) is 7.03. The van der Waals surface area contributed by atoms with E-state index in [4.69, 9.17) is 5.11 Å². The number of hydrogen-bond acceptors (Lipinski definition) is 2. The van der Waals surface area contributed by atoms with Crippen LogP contribution in [0.2, 0.25) is 0 Å². The van der Waals surface area contributed by atoms with Crippen molar-refractivity contribution in [1.29, 1.82) is 0 Å². The Bertz CT molecular complexity index is 97.1. The van der Waals surface area contributed by atoms with E-state index in [1.54, 1.807) is 0 Å². The minimum atomic E-state index is 0.327. The first-order valence-corrected chi connectivity index (χ1v) is 3.50. The molecular formula is C7H15NO. The summed E-state index contributed by atoms with van der Waals surface area (Å²) in [4.78, 5) is 0. The van der Waals surface area contributed by atoms with Gasteiger partial charge in [0.25, 0.3) is 0 Å². The molecule has 0 amide bonds. The molecule has 1 rings (SSSR count). The molecule has 1 aliphatic rings. The summed E-state index contributed by atoms with van der Waals surface area (Å²) >= 11 is 0. The number of aliphatic hydroxyl groups excluding tert-OH is 1. The van der Waals surface area contributed by atoms with Crippen LogP contribution in [0.4, 0.5) is 0 Å². The fourth-order valence-corrected chi connectivity index (χ4v) is 1.55. The number of nitrogens with one attached hydrogen (secondary N) is 1. The number of hydrogen-bond donors (Lipinski definition) is 2. The molecule has 2 N–H and O–H groups in total. The van der Waals surface area contributed by atoms with Gasteiger partial charge in [-0.1, -0.05) is 0 Å². The highest BCUT2D eigenvalue weighted by atomic mass is 16.3. The van der Waals surface area contributed by atoms with Gasteiger partial charge in [-0.2, -0.15) is 0 Å². The van der Waals surface area contributed by atoms with Crippen LogP contribution in [0.1, 0.15) is 19.8 Å². The summed E-state index contributed by atoms with van der Waals surface area (Å²) in [5.74, 6) is 0.558. The average molecular weight is 129 g/mol. The van der Waals surface area contributed by atoms with E-state index in [2.05, 4.69) is 12.2 Å². The second kappa shape index (κ2) is 2.27. The second-order valence-corrected chi connectivity index (χ2v) is 3.27. The lowest BCUT2D eigenvalue weighted by atomic mass is 9.70. The van der Waals surface area contributed by atoms with Crippen LogP contribution in [0.25, 0.3) is 0 Å². The van der Waals surface area contributed by atoms with Crippen LogP contribution in [0, 0.1) is 5.92 Å². The summed E-state index contributed by atoms with van der Waals surface area (Å²) in [7, 11) is 1.98. The maximum atomic E-state index is 8.69. The molecule has 1 saturated carbocycles. The summed E-state index contributed by atoms with van der Waals surface area (Å²) in [5.41, 5.74) is 0.327. The van der Waals surface area contributed by atoms with Gasteiger partial charge < -0.3 is 10.4 Å². The van der Waals surface area contributed by atoms with Gasteiger partial charge in [0.05, 0.1) is 0 Å². The Kier molecular flexibility index (Phi) is 1.78. The molecule has 1 aliphatic carbocycles. The molecule has 1 fully saturated rings. The summed E-state index contributed by atoms with van der Waals surface area (Å²) in [6.07, 6.45) is 2.25. The Morgan fingerprint density at radius 3 is 2.56 bits per heavy atom. The molecule has 2 nitrogen and oxygen atoms in total. The number of rotatable bonds is 2. The zero-order valence-corrected chi connectivity index (χ0v) is 6.15. The maximum Gasteiger partial charge on any atom is 0.0460 e.